The fraction of sp³-hybridized carbons (Fsp3) is 0.167. The second kappa shape index (κ2) is 4.09. The fourth-order valence-electron chi connectivity index (χ4n) is 1.65. The van der Waals surface area contributed by atoms with Crippen LogP contribution in [0.2, 0.25) is 0 Å². The highest BCUT2D eigenvalue weighted by atomic mass is 14.8. The van der Waals surface area contributed by atoms with Crippen molar-refractivity contribution in [1.29, 1.82) is 0 Å². The molecule has 0 aliphatic rings. The van der Waals surface area contributed by atoms with Crippen LogP contribution in [0, 0.1) is 0 Å². The minimum atomic E-state index is 0.913. The maximum Gasteiger partial charge on any atom is 0.137 e. The zero-order valence-electron chi connectivity index (χ0n) is 8.86. The molecule has 1 N–H and O–H groups in total. The summed E-state index contributed by atoms with van der Waals surface area (Å²) in [6.07, 6.45) is 7.62. The van der Waals surface area contributed by atoms with Gasteiger partial charge in [-0.05, 0) is 30.2 Å². The number of pyridine rings is 1. The van der Waals surface area contributed by atoms with E-state index in [0.29, 0.717) is 0 Å². The molecule has 76 valence electrons. The smallest absolute Gasteiger partial charge is 0.137 e. The Bertz CT molecular complexity index is 520. The Balaban J connectivity index is 2.64. The quantitative estimate of drug-likeness (QED) is 0.742. The van der Waals surface area contributed by atoms with Crippen molar-refractivity contribution in [3.05, 3.63) is 36.2 Å². The van der Waals surface area contributed by atoms with Crippen molar-refractivity contribution >= 4 is 22.8 Å². The fourth-order valence-corrected chi connectivity index (χ4v) is 1.65. The van der Waals surface area contributed by atoms with Gasteiger partial charge < -0.3 is 4.98 Å². The molecule has 15 heavy (non-hydrogen) atoms. The van der Waals surface area contributed by atoms with Crippen molar-refractivity contribution in [1.82, 2.24) is 9.97 Å². The highest BCUT2D eigenvalue weighted by molar-refractivity contribution is 6.14. The molecule has 2 rings (SSSR count). The molecular formula is C12H13N3. The van der Waals surface area contributed by atoms with E-state index in [0.717, 1.165) is 22.2 Å². The molecule has 3 nitrogen and oxygen atoms in total. The molecule has 2 aromatic rings. The number of aromatic amines is 1. The number of hydrogen-bond donors (Lipinski definition) is 1. The summed E-state index contributed by atoms with van der Waals surface area (Å²) in [6, 6.07) is 4.04. The maximum absolute atomic E-state index is 4.25. The van der Waals surface area contributed by atoms with E-state index in [1.807, 2.05) is 31.5 Å². The molecule has 0 aliphatic carbocycles. The zero-order valence-corrected chi connectivity index (χ0v) is 8.86. The third-order valence-electron chi connectivity index (χ3n) is 2.35. The summed E-state index contributed by atoms with van der Waals surface area (Å²) in [4.78, 5) is 11.4. The average molecular weight is 199 g/mol. The molecule has 0 radical (unpaired) electrons. The van der Waals surface area contributed by atoms with Crippen molar-refractivity contribution < 1.29 is 0 Å². The van der Waals surface area contributed by atoms with E-state index in [1.165, 1.54) is 0 Å². The molecular weight excluding hydrogens is 186 g/mol. The SMILES string of the molecule is C/C=C(\C=N/C)c1ccnc2[nH]ccc12. The van der Waals surface area contributed by atoms with E-state index in [2.05, 4.69) is 21.0 Å². The lowest BCUT2D eigenvalue weighted by Crippen LogP contribution is -1.88. The van der Waals surface area contributed by atoms with Crippen LogP contribution in [0.1, 0.15) is 12.5 Å². The first kappa shape index (κ1) is 9.65. The van der Waals surface area contributed by atoms with Gasteiger partial charge in [0.05, 0.1) is 0 Å². The second-order valence-electron chi connectivity index (χ2n) is 3.23. The number of rotatable bonds is 2. The van der Waals surface area contributed by atoms with E-state index in [4.69, 9.17) is 0 Å². The molecule has 0 aromatic carbocycles. The lowest BCUT2D eigenvalue weighted by molar-refractivity contribution is 1.32. The Morgan fingerprint density at radius 1 is 1.47 bits per heavy atom. The van der Waals surface area contributed by atoms with Gasteiger partial charge in [-0.2, -0.15) is 0 Å². The molecule has 0 fully saturated rings. The van der Waals surface area contributed by atoms with Crippen LogP contribution in [-0.4, -0.2) is 23.2 Å². The summed E-state index contributed by atoms with van der Waals surface area (Å²) in [7, 11) is 1.78. The van der Waals surface area contributed by atoms with Crippen LogP contribution in [0.25, 0.3) is 16.6 Å². The standard InChI is InChI=1S/C12H13N3/c1-3-9(8-13-2)10-4-6-14-12-11(10)5-7-15-12/h3-8H,1-2H3,(H,14,15)/b9-3+,13-8-. The van der Waals surface area contributed by atoms with Crippen LogP contribution in [0.3, 0.4) is 0 Å². The van der Waals surface area contributed by atoms with Crippen LogP contribution in [0.5, 0.6) is 0 Å². The van der Waals surface area contributed by atoms with Gasteiger partial charge in [-0.25, -0.2) is 4.98 Å². The predicted molar refractivity (Wildman–Crippen MR) is 64.2 cm³/mol. The minimum Gasteiger partial charge on any atom is -0.346 e. The first-order chi connectivity index (χ1) is 7.36. The molecule has 2 aromatic heterocycles. The van der Waals surface area contributed by atoms with Gasteiger partial charge in [0, 0.05) is 31.0 Å². The van der Waals surface area contributed by atoms with Crippen LogP contribution in [0.15, 0.2) is 35.6 Å². The Labute approximate surface area is 88.6 Å². The number of H-pyrrole nitrogens is 1. The number of hydrogen-bond acceptors (Lipinski definition) is 2. The van der Waals surface area contributed by atoms with Gasteiger partial charge in [-0.3, -0.25) is 4.99 Å². The van der Waals surface area contributed by atoms with Crippen LogP contribution >= 0.6 is 0 Å². The van der Waals surface area contributed by atoms with Crippen LogP contribution < -0.4 is 0 Å². The molecule has 0 atom stereocenters. The van der Waals surface area contributed by atoms with Gasteiger partial charge >= 0.3 is 0 Å². The average Bonchev–Trinajstić information content (AvgIpc) is 2.73. The number of fused-ring (bicyclic) bond motifs is 1. The Hall–Kier alpha value is -1.90. The van der Waals surface area contributed by atoms with Crippen molar-refractivity contribution in [2.45, 2.75) is 6.92 Å². The zero-order chi connectivity index (χ0) is 10.7. The molecule has 0 saturated heterocycles. The summed E-state index contributed by atoms with van der Waals surface area (Å²) in [6.45, 7) is 2.01. The Kier molecular flexibility index (Phi) is 2.63. The summed E-state index contributed by atoms with van der Waals surface area (Å²) >= 11 is 0. The van der Waals surface area contributed by atoms with Gasteiger partial charge in [0.2, 0.25) is 0 Å². The van der Waals surface area contributed by atoms with Crippen LogP contribution in [0.4, 0.5) is 0 Å². The number of allylic oxidation sites excluding steroid dienone is 2. The number of nitrogens with one attached hydrogen (secondary N) is 1. The third-order valence-corrected chi connectivity index (χ3v) is 2.35. The summed E-state index contributed by atoms with van der Waals surface area (Å²) in [5.74, 6) is 0. The van der Waals surface area contributed by atoms with E-state index in [1.54, 1.807) is 13.2 Å². The van der Waals surface area contributed by atoms with Gasteiger partial charge in [-0.15, -0.1) is 0 Å². The molecule has 3 heteroatoms. The van der Waals surface area contributed by atoms with E-state index < -0.39 is 0 Å². The largest absolute Gasteiger partial charge is 0.346 e. The number of nitrogens with zero attached hydrogens (tertiary/aromatic N) is 2. The van der Waals surface area contributed by atoms with E-state index in [9.17, 15) is 0 Å². The van der Waals surface area contributed by atoms with Crippen molar-refractivity contribution in [2.24, 2.45) is 4.99 Å². The minimum absolute atomic E-state index is 0.913. The molecule has 0 bridgehead atoms. The summed E-state index contributed by atoms with van der Waals surface area (Å²) in [5, 5.41) is 1.13. The Morgan fingerprint density at radius 3 is 3.07 bits per heavy atom. The lowest BCUT2D eigenvalue weighted by Gasteiger charge is -2.02. The molecule has 2 heterocycles. The molecule has 0 aliphatic heterocycles. The normalized spacial score (nSPS) is 12.8. The second-order valence-corrected chi connectivity index (χ2v) is 3.23. The molecule has 0 unspecified atom stereocenters. The third kappa shape index (κ3) is 1.68. The van der Waals surface area contributed by atoms with Crippen molar-refractivity contribution in [3.8, 4) is 0 Å². The van der Waals surface area contributed by atoms with Gasteiger partial charge in [-0.1, -0.05) is 6.08 Å². The van der Waals surface area contributed by atoms with E-state index >= 15 is 0 Å². The lowest BCUT2D eigenvalue weighted by atomic mass is 10.1. The first-order valence-corrected chi connectivity index (χ1v) is 4.87. The molecule has 0 amide bonds. The van der Waals surface area contributed by atoms with E-state index in [-0.39, 0.29) is 0 Å². The number of aromatic nitrogens is 2. The number of aliphatic imine (C=N–C) groups is 1. The highest BCUT2D eigenvalue weighted by Gasteiger charge is 2.04. The Morgan fingerprint density at radius 2 is 2.33 bits per heavy atom. The monoisotopic (exact) mass is 199 g/mol. The topological polar surface area (TPSA) is 41.0 Å². The molecule has 0 spiro atoms. The predicted octanol–water partition coefficient (Wildman–Crippen LogP) is 2.67. The van der Waals surface area contributed by atoms with Crippen LogP contribution in [-0.2, 0) is 0 Å². The van der Waals surface area contributed by atoms with Gasteiger partial charge in [0.1, 0.15) is 5.65 Å². The van der Waals surface area contributed by atoms with Gasteiger partial charge in [0.15, 0.2) is 0 Å². The first-order valence-electron chi connectivity index (χ1n) is 4.87. The van der Waals surface area contributed by atoms with Gasteiger partial charge in [0.25, 0.3) is 0 Å². The maximum atomic E-state index is 4.25. The summed E-state index contributed by atoms with van der Waals surface area (Å²) < 4.78 is 0. The van der Waals surface area contributed by atoms with Crippen molar-refractivity contribution in [3.63, 3.8) is 0 Å². The van der Waals surface area contributed by atoms with Crippen molar-refractivity contribution in [2.75, 3.05) is 7.05 Å². The highest BCUT2D eigenvalue weighted by Crippen LogP contribution is 2.21. The molecule has 0 saturated carbocycles. The summed E-state index contributed by atoms with van der Waals surface area (Å²) in [5.41, 5.74) is 3.19.